The fourth-order valence-corrected chi connectivity index (χ4v) is 1.50. The van der Waals surface area contributed by atoms with E-state index < -0.39 is 11.8 Å². The summed E-state index contributed by atoms with van der Waals surface area (Å²) in [5, 5.41) is 28.2. The summed E-state index contributed by atoms with van der Waals surface area (Å²) >= 11 is 11.5. The predicted octanol–water partition coefficient (Wildman–Crippen LogP) is 2.21. The van der Waals surface area contributed by atoms with Gasteiger partial charge in [0, 0.05) is 16.8 Å². The molecule has 1 aromatic rings. The maximum absolute atomic E-state index is 9.65. The van der Waals surface area contributed by atoms with Crippen LogP contribution in [0.4, 0.5) is 0 Å². The summed E-state index contributed by atoms with van der Waals surface area (Å²) < 4.78 is 0. The van der Waals surface area contributed by atoms with E-state index >= 15 is 0 Å². The lowest BCUT2D eigenvalue weighted by Gasteiger charge is -2.21. The van der Waals surface area contributed by atoms with E-state index in [2.05, 4.69) is 4.99 Å². The maximum Gasteiger partial charge on any atom is 0.176 e. The van der Waals surface area contributed by atoms with Crippen molar-refractivity contribution in [3.05, 3.63) is 27.7 Å². The number of nitrogens with zero attached hydrogens (tertiary/aromatic N) is 1. The molecule has 0 saturated carbocycles. The Labute approximate surface area is 109 Å². The fraction of sp³-hybridized carbons (Fsp3) is 0.364. The van der Waals surface area contributed by atoms with Gasteiger partial charge < -0.3 is 15.3 Å². The van der Waals surface area contributed by atoms with E-state index in [1.165, 1.54) is 32.2 Å². The van der Waals surface area contributed by atoms with Crippen LogP contribution >= 0.6 is 23.2 Å². The largest absolute Gasteiger partial charge is 0.506 e. The van der Waals surface area contributed by atoms with Gasteiger partial charge in [-0.05, 0) is 26.0 Å². The van der Waals surface area contributed by atoms with Crippen LogP contribution in [-0.4, -0.2) is 33.4 Å². The van der Waals surface area contributed by atoms with Gasteiger partial charge in [-0.15, -0.1) is 0 Å². The highest BCUT2D eigenvalue weighted by Crippen LogP contribution is 2.30. The van der Waals surface area contributed by atoms with Crippen LogP contribution in [0.2, 0.25) is 10.0 Å². The average molecular weight is 278 g/mol. The molecule has 0 spiro atoms. The quantitative estimate of drug-likeness (QED) is 0.586. The van der Waals surface area contributed by atoms with Crippen molar-refractivity contribution in [2.75, 3.05) is 0 Å². The third-order valence-electron chi connectivity index (χ3n) is 2.23. The van der Waals surface area contributed by atoms with Crippen molar-refractivity contribution in [2.45, 2.75) is 25.7 Å². The van der Waals surface area contributed by atoms with Gasteiger partial charge in [-0.2, -0.15) is 0 Å². The first-order valence-electron chi connectivity index (χ1n) is 4.83. The lowest BCUT2D eigenvalue weighted by molar-refractivity contribution is -0.0838. The van der Waals surface area contributed by atoms with Crippen LogP contribution < -0.4 is 0 Å². The van der Waals surface area contributed by atoms with Gasteiger partial charge in [0.1, 0.15) is 11.3 Å². The minimum absolute atomic E-state index is 0.112. The monoisotopic (exact) mass is 277 g/mol. The molecule has 0 bridgehead atoms. The molecule has 0 aliphatic rings. The highest BCUT2D eigenvalue weighted by atomic mass is 35.5. The van der Waals surface area contributed by atoms with Gasteiger partial charge in [-0.25, -0.2) is 0 Å². The summed E-state index contributed by atoms with van der Waals surface area (Å²) in [7, 11) is 0. The molecule has 17 heavy (non-hydrogen) atoms. The van der Waals surface area contributed by atoms with Gasteiger partial charge in [0.05, 0.1) is 5.02 Å². The van der Waals surface area contributed by atoms with E-state index in [-0.39, 0.29) is 10.8 Å². The van der Waals surface area contributed by atoms with Crippen LogP contribution in [0.1, 0.15) is 19.4 Å². The topological polar surface area (TPSA) is 73.1 Å². The van der Waals surface area contributed by atoms with Crippen LogP contribution in [0.15, 0.2) is 17.1 Å². The first kappa shape index (κ1) is 14.3. The zero-order chi connectivity index (χ0) is 13.2. The van der Waals surface area contributed by atoms with Crippen molar-refractivity contribution in [3.63, 3.8) is 0 Å². The van der Waals surface area contributed by atoms with E-state index in [1.54, 1.807) is 0 Å². The molecule has 0 heterocycles. The van der Waals surface area contributed by atoms with E-state index in [9.17, 15) is 5.11 Å². The summed E-state index contributed by atoms with van der Waals surface area (Å²) in [6, 6.07) is 2.88. The molecule has 0 fully saturated rings. The smallest absolute Gasteiger partial charge is 0.176 e. The van der Waals surface area contributed by atoms with Crippen molar-refractivity contribution in [2.24, 2.45) is 4.99 Å². The molecule has 0 aliphatic carbocycles. The number of halogens is 2. The van der Waals surface area contributed by atoms with Crippen LogP contribution in [0.5, 0.6) is 5.75 Å². The molecule has 1 aromatic carbocycles. The molecule has 4 nitrogen and oxygen atoms in total. The van der Waals surface area contributed by atoms with E-state index in [1.807, 2.05) is 0 Å². The number of aliphatic hydroxyl groups excluding tert-OH is 1. The predicted molar refractivity (Wildman–Crippen MR) is 68.0 cm³/mol. The van der Waals surface area contributed by atoms with Crippen molar-refractivity contribution < 1.29 is 15.3 Å². The minimum Gasteiger partial charge on any atom is -0.506 e. The lowest BCUT2D eigenvalue weighted by atomic mass is 10.1. The molecule has 0 aromatic heterocycles. The Balaban J connectivity index is 3.08. The Morgan fingerprint density at radius 3 is 2.41 bits per heavy atom. The second-order valence-corrected chi connectivity index (χ2v) is 4.95. The molecule has 0 aliphatic heterocycles. The van der Waals surface area contributed by atoms with Gasteiger partial charge in [-0.1, -0.05) is 23.2 Å². The molecule has 0 amide bonds. The van der Waals surface area contributed by atoms with Crippen molar-refractivity contribution in [1.29, 1.82) is 0 Å². The molecule has 0 saturated heterocycles. The average Bonchev–Trinajstić information content (AvgIpc) is 2.21. The van der Waals surface area contributed by atoms with Gasteiger partial charge in [0.2, 0.25) is 0 Å². The van der Waals surface area contributed by atoms with E-state index in [0.717, 1.165) is 0 Å². The van der Waals surface area contributed by atoms with Crippen LogP contribution in [-0.2, 0) is 0 Å². The molecule has 1 rings (SSSR count). The highest BCUT2D eigenvalue weighted by Gasteiger charge is 2.24. The first-order chi connectivity index (χ1) is 7.74. The molecule has 0 radical (unpaired) electrons. The molecule has 0 unspecified atom stereocenters. The molecule has 6 heteroatoms. The number of hydrogen-bond acceptors (Lipinski definition) is 4. The van der Waals surface area contributed by atoms with Crippen LogP contribution in [0, 0.1) is 0 Å². The molecular formula is C11H13Cl2NO3. The third kappa shape index (κ3) is 3.57. The van der Waals surface area contributed by atoms with Gasteiger partial charge in [-0.3, -0.25) is 4.99 Å². The standard InChI is InChI=1S/C11H13Cl2NO3/c1-11(2,10(16)17)14-5-6-3-7(12)4-8(13)9(6)15/h3-5,10,15-17H,1-2H3. The second-order valence-electron chi connectivity index (χ2n) is 4.11. The number of rotatable bonds is 3. The number of benzene rings is 1. The second kappa shape index (κ2) is 5.23. The number of phenolic OH excluding ortho intramolecular Hbond substituents is 1. The van der Waals surface area contributed by atoms with Gasteiger partial charge in [0.15, 0.2) is 6.29 Å². The molecule has 94 valence electrons. The Hall–Kier alpha value is -0.810. The summed E-state index contributed by atoms with van der Waals surface area (Å²) in [6.07, 6.45) is -0.303. The number of aliphatic hydroxyl groups is 2. The Morgan fingerprint density at radius 2 is 1.88 bits per heavy atom. The summed E-state index contributed by atoms with van der Waals surface area (Å²) in [4.78, 5) is 3.97. The Bertz CT molecular complexity index is 445. The number of aromatic hydroxyl groups is 1. The van der Waals surface area contributed by atoms with Crippen LogP contribution in [0.25, 0.3) is 0 Å². The Morgan fingerprint density at radius 1 is 1.29 bits per heavy atom. The Kier molecular flexibility index (Phi) is 4.38. The van der Waals surface area contributed by atoms with E-state index in [0.29, 0.717) is 10.6 Å². The fourth-order valence-electron chi connectivity index (χ4n) is 0.987. The van der Waals surface area contributed by atoms with Crippen LogP contribution in [0.3, 0.4) is 0 Å². The molecule has 3 N–H and O–H groups in total. The summed E-state index contributed by atoms with van der Waals surface area (Å²) in [5.41, 5.74) is -0.766. The number of hydrogen-bond donors (Lipinski definition) is 3. The normalized spacial score (nSPS) is 12.6. The summed E-state index contributed by atoms with van der Waals surface area (Å²) in [6.45, 7) is 3.08. The van der Waals surface area contributed by atoms with Crippen molar-refractivity contribution >= 4 is 29.4 Å². The zero-order valence-corrected chi connectivity index (χ0v) is 10.9. The molecular weight excluding hydrogens is 265 g/mol. The van der Waals surface area contributed by atoms with Gasteiger partial charge in [0.25, 0.3) is 0 Å². The number of phenols is 1. The van der Waals surface area contributed by atoms with Crippen molar-refractivity contribution in [1.82, 2.24) is 0 Å². The zero-order valence-electron chi connectivity index (χ0n) is 9.35. The maximum atomic E-state index is 9.65. The third-order valence-corrected chi connectivity index (χ3v) is 2.73. The lowest BCUT2D eigenvalue weighted by Crippen LogP contribution is -2.33. The SMILES string of the molecule is CC(C)(N=Cc1cc(Cl)cc(Cl)c1O)C(O)O. The highest BCUT2D eigenvalue weighted by molar-refractivity contribution is 6.36. The first-order valence-corrected chi connectivity index (χ1v) is 5.59. The van der Waals surface area contributed by atoms with Crippen molar-refractivity contribution in [3.8, 4) is 5.75 Å². The minimum atomic E-state index is -1.60. The summed E-state index contributed by atoms with van der Waals surface area (Å²) in [5.74, 6) is -0.150. The molecule has 0 atom stereocenters. The van der Waals surface area contributed by atoms with Gasteiger partial charge >= 0.3 is 0 Å². The van der Waals surface area contributed by atoms with E-state index in [4.69, 9.17) is 33.4 Å². The number of aliphatic imine (C=N–C) groups is 1.